The standard InChI is InChI=1S/C21H21F3N2O3/c1-12(27)15-8-3-4-9-17(15)25-19(28)18-16(11-26(2)20(18)29)13-6-5-7-14(10-13)21(22,23)24/h3-10,12,16,18,27H,11H2,1-2H3,(H,25,28). The first kappa shape index (κ1) is 20.9. The van der Waals surface area contributed by atoms with Gasteiger partial charge in [-0.1, -0.05) is 36.4 Å². The van der Waals surface area contributed by atoms with E-state index in [1.165, 1.54) is 24.1 Å². The molecule has 2 amide bonds. The lowest BCUT2D eigenvalue weighted by Crippen LogP contribution is -2.33. The zero-order valence-corrected chi connectivity index (χ0v) is 15.9. The Kier molecular flexibility index (Phi) is 5.66. The Morgan fingerprint density at radius 2 is 1.90 bits per heavy atom. The molecule has 154 valence electrons. The predicted molar refractivity (Wildman–Crippen MR) is 101 cm³/mol. The van der Waals surface area contributed by atoms with E-state index < -0.39 is 41.5 Å². The third-order valence-corrected chi connectivity index (χ3v) is 5.11. The number of likely N-dealkylation sites (N-methyl/N-ethyl adjacent to an activating group) is 1. The van der Waals surface area contributed by atoms with Crippen molar-refractivity contribution >= 4 is 17.5 Å². The zero-order chi connectivity index (χ0) is 21.3. The van der Waals surface area contributed by atoms with Crippen LogP contribution < -0.4 is 5.32 Å². The number of rotatable bonds is 4. The molecule has 0 spiro atoms. The van der Waals surface area contributed by atoms with E-state index in [0.29, 0.717) is 11.3 Å². The second-order valence-corrected chi connectivity index (χ2v) is 7.18. The molecule has 0 bridgehead atoms. The van der Waals surface area contributed by atoms with Gasteiger partial charge in [-0.15, -0.1) is 0 Å². The SMILES string of the molecule is CC(O)c1ccccc1NC(=O)C1C(=O)N(C)CC1c1cccc(C(F)(F)F)c1. The van der Waals surface area contributed by atoms with Crippen molar-refractivity contribution in [2.24, 2.45) is 5.92 Å². The van der Waals surface area contributed by atoms with Gasteiger partial charge in [0.2, 0.25) is 11.8 Å². The third-order valence-electron chi connectivity index (χ3n) is 5.11. The van der Waals surface area contributed by atoms with Gasteiger partial charge in [0.05, 0.1) is 11.7 Å². The molecular weight excluding hydrogens is 385 g/mol. The minimum atomic E-state index is -4.52. The summed E-state index contributed by atoms with van der Waals surface area (Å²) in [6.45, 7) is 1.68. The van der Waals surface area contributed by atoms with Gasteiger partial charge in [0.15, 0.2) is 0 Å². The minimum absolute atomic E-state index is 0.135. The monoisotopic (exact) mass is 406 g/mol. The minimum Gasteiger partial charge on any atom is -0.389 e. The predicted octanol–water partition coefficient (Wildman–Crippen LogP) is 3.57. The van der Waals surface area contributed by atoms with Crippen molar-refractivity contribution in [2.75, 3.05) is 18.9 Å². The lowest BCUT2D eigenvalue weighted by atomic mass is 9.87. The molecule has 8 heteroatoms. The molecule has 0 radical (unpaired) electrons. The van der Waals surface area contributed by atoms with Gasteiger partial charge in [0.1, 0.15) is 5.92 Å². The van der Waals surface area contributed by atoms with Crippen LogP contribution in [0.25, 0.3) is 0 Å². The molecule has 1 heterocycles. The smallest absolute Gasteiger partial charge is 0.389 e. The summed E-state index contributed by atoms with van der Waals surface area (Å²) in [5.74, 6) is -2.95. The highest BCUT2D eigenvalue weighted by Crippen LogP contribution is 2.37. The summed E-state index contributed by atoms with van der Waals surface area (Å²) in [5.41, 5.74) is 0.296. The Morgan fingerprint density at radius 3 is 2.55 bits per heavy atom. The van der Waals surface area contributed by atoms with Crippen molar-refractivity contribution in [3.8, 4) is 0 Å². The maximum absolute atomic E-state index is 13.1. The summed E-state index contributed by atoms with van der Waals surface area (Å²) in [4.78, 5) is 26.9. The number of halogens is 3. The summed E-state index contributed by atoms with van der Waals surface area (Å²) < 4.78 is 39.3. The van der Waals surface area contributed by atoms with E-state index in [2.05, 4.69) is 5.32 Å². The van der Waals surface area contributed by atoms with Gasteiger partial charge in [-0.25, -0.2) is 0 Å². The Balaban J connectivity index is 1.92. The normalized spacial score (nSPS) is 20.6. The number of aliphatic hydroxyl groups is 1. The second kappa shape index (κ2) is 7.87. The Labute approximate surface area is 166 Å². The number of amides is 2. The molecule has 0 saturated carbocycles. The van der Waals surface area contributed by atoms with Gasteiger partial charge in [-0.2, -0.15) is 13.2 Å². The zero-order valence-electron chi connectivity index (χ0n) is 15.9. The number of anilines is 1. The summed E-state index contributed by atoms with van der Waals surface area (Å²) >= 11 is 0. The number of nitrogens with zero attached hydrogens (tertiary/aromatic N) is 1. The first-order chi connectivity index (χ1) is 13.6. The van der Waals surface area contributed by atoms with Crippen molar-refractivity contribution in [3.05, 3.63) is 65.2 Å². The van der Waals surface area contributed by atoms with Crippen molar-refractivity contribution in [1.82, 2.24) is 4.90 Å². The van der Waals surface area contributed by atoms with E-state index >= 15 is 0 Å². The number of para-hydroxylation sites is 1. The maximum atomic E-state index is 13.1. The number of hydrogen-bond acceptors (Lipinski definition) is 3. The van der Waals surface area contributed by atoms with Crippen LogP contribution in [0.15, 0.2) is 48.5 Å². The van der Waals surface area contributed by atoms with Crippen LogP contribution in [0.4, 0.5) is 18.9 Å². The molecule has 0 aromatic heterocycles. The van der Waals surface area contributed by atoms with Crippen LogP contribution in [0.3, 0.4) is 0 Å². The van der Waals surface area contributed by atoms with Crippen LogP contribution in [-0.4, -0.2) is 35.4 Å². The molecule has 3 atom stereocenters. The number of alkyl halides is 3. The highest BCUT2D eigenvalue weighted by atomic mass is 19.4. The first-order valence-electron chi connectivity index (χ1n) is 9.09. The molecule has 2 N–H and O–H groups in total. The molecule has 2 aromatic rings. The largest absolute Gasteiger partial charge is 0.416 e. The molecule has 3 rings (SSSR count). The molecular formula is C21H21F3N2O3. The number of aliphatic hydroxyl groups excluding tert-OH is 1. The highest BCUT2D eigenvalue weighted by molar-refractivity contribution is 6.08. The van der Waals surface area contributed by atoms with Gasteiger partial charge >= 0.3 is 6.18 Å². The number of carbonyl (C=O) groups excluding carboxylic acids is 2. The van der Waals surface area contributed by atoms with Gasteiger partial charge in [-0.05, 0) is 24.6 Å². The fraction of sp³-hybridized carbons (Fsp3) is 0.333. The molecule has 1 saturated heterocycles. The average Bonchev–Trinajstić information content (AvgIpc) is 2.96. The first-order valence-corrected chi connectivity index (χ1v) is 9.09. The van der Waals surface area contributed by atoms with E-state index in [4.69, 9.17) is 0 Å². The molecule has 1 aliphatic rings. The van der Waals surface area contributed by atoms with Crippen molar-refractivity contribution in [1.29, 1.82) is 0 Å². The van der Waals surface area contributed by atoms with Crippen LogP contribution in [0.2, 0.25) is 0 Å². The van der Waals surface area contributed by atoms with Crippen LogP contribution in [0.5, 0.6) is 0 Å². The topological polar surface area (TPSA) is 69.6 Å². The number of benzene rings is 2. The summed E-state index contributed by atoms with van der Waals surface area (Å²) in [6, 6.07) is 11.3. The van der Waals surface area contributed by atoms with E-state index in [1.807, 2.05) is 0 Å². The molecule has 0 aliphatic carbocycles. The Hall–Kier alpha value is -2.87. The van der Waals surface area contributed by atoms with E-state index in [0.717, 1.165) is 12.1 Å². The molecule has 5 nitrogen and oxygen atoms in total. The average molecular weight is 406 g/mol. The highest BCUT2D eigenvalue weighted by Gasteiger charge is 2.45. The molecule has 29 heavy (non-hydrogen) atoms. The molecule has 2 aromatic carbocycles. The third kappa shape index (κ3) is 4.27. The van der Waals surface area contributed by atoms with Gasteiger partial charge < -0.3 is 15.3 Å². The lowest BCUT2D eigenvalue weighted by Gasteiger charge is -2.19. The number of likely N-dealkylation sites (tertiary alicyclic amines) is 1. The van der Waals surface area contributed by atoms with Crippen molar-refractivity contribution < 1.29 is 27.9 Å². The Morgan fingerprint density at radius 1 is 1.21 bits per heavy atom. The van der Waals surface area contributed by atoms with Crippen LogP contribution >= 0.6 is 0 Å². The van der Waals surface area contributed by atoms with Crippen molar-refractivity contribution in [2.45, 2.75) is 25.1 Å². The van der Waals surface area contributed by atoms with E-state index in [1.54, 1.807) is 31.2 Å². The molecule has 1 aliphatic heterocycles. The fourth-order valence-corrected chi connectivity index (χ4v) is 3.62. The number of nitrogens with one attached hydrogen (secondary N) is 1. The van der Waals surface area contributed by atoms with E-state index in [-0.39, 0.29) is 12.1 Å². The Bertz CT molecular complexity index is 927. The molecule has 3 unspecified atom stereocenters. The second-order valence-electron chi connectivity index (χ2n) is 7.18. The van der Waals surface area contributed by atoms with Crippen molar-refractivity contribution in [3.63, 3.8) is 0 Å². The summed E-state index contributed by atoms with van der Waals surface area (Å²) in [7, 11) is 1.51. The summed E-state index contributed by atoms with van der Waals surface area (Å²) in [5, 5.41) is 12.5. The lowest BCUT2D eigenvalue weighted by molar-refractivity contribution is -0.137. The van der Waals surface area contributed by atoms with Gasteiger partial charge in [0, 0.05) is 30.8 Å². The quantitative estimate of drug-likeness (QED) is 0.763. The fourth-order valence-electron chi connectivity index (χ4n) is 3.62. The van der Waals surface area contributed by atoms with Crippen LogP contribution in [0, 0.1) is 5.92 Å². The number of hydrogen-bond donors (Lipinski definition) is 2. The van der Waals surface area contributed by atoms with E-state index in [9.17, 15) is 27.9 Å². The number of carbonyl (C=O) groups is 2. The van der Waals surface area contributed by atoms with Gasteiger partial charge in [-0.3, -0.25) is 9.59 Å². The molecule has 1 fully saturated rings. The van der Waals surface area contributed by atoms with Gasteiger partial charge in [0.25, 0.3) is 0 Å². The summed E-state index contributed by atoms with van der Waals surface area (Å²) in [6.07, 6.45) is -5.36. The van der Waals surface area contributed by atoms with Crippen LogP contribution in [-0.2, 0) is 15.8 Å². The maximum Gasteiger partial charge on any atom is 0.416 e. The van der Waals surface area contributed by atoms with Crippen LogP contribution in [0.1, 0.15) is 35.6 Å².